The Hall–Kier alpha value is -3.24. The molecule has 0 aliphatic carbocycles. The van der Waals surface area contributed by atoms with E-state index >= 15 is 0 Å². The van der Waals surface area contributed by atoms with E-state index in [2.05, 4.69) is 32.5 Å². The van der Waals surface area contributed by atoms with Crippen LogP contribution in [0, 0.1) is 0 Å². The van der Waals surface area contributed by atoms with Crippen LogP contribution in [0.3, 0.4) is 0 Å². The Morgan fingerprint density at radius 2 is 2.15 bits per heavy atom. The molecule has 0 aromatic carbocycles. The Labute approximate surface area is 194 Å². The van der Waals surface area contributed by atoms with E-state index in [1.54, 1.807) is 39.5 Å². The van der Waals surface area contributed by atoms with Gasteiger partial charge in [0.15, 0.2) is 0 Å². The molecular weight excluding hydrogens is 424 g/mol. The maximum Gasteiger partial charge on any atom is 0.273 e. The zero-order valence-electron chi connectivity index (χ0n) is 20.0. The Morgan fingerprint density at radius 1 is 1.39 bits per heavy atom. The van der Waals surface area contributed by atoms with Crippen molar-refractivity contribution in [1.82, 2.24) is 30.6 Å². The lowest BCUT2D eigenvalue weighted by Gasteiger charge is -2.19. The van der Waals surface area contributed by atoms with Crippen LogP contribution in [0.4, 0.5) is 0 Å². The highest BCUT2D eigenvalue weighted by Gasteiger charge is 2.17. The van der Waals surface area contributed by atoms with Gasteiger partial charge in [-0.25, -0.2) is 0 Å². The molecule has 2 heterocycles. The molecule has 0 saturated heterocycles. The molecule has 0 radical (unpaired) electrons. The second-order valence-electron chi connectivity index (χ2n) is 7.88. The highest BCUT2D eigenvalue weighted by Crippen LogP contribution is 2.24. The number of carbonyl (C=O) groups excluding carboxylic acids is 1. The topological polar surface area (TPSA) is 123 Å². The molecule has 0 aliphatic heterocycles. The van der Waals surface area contributed by atoms with Crippen molar-refractivity contribution in [3.8, 4) is 5.88 Å². The summed E-state index contributed by atoms with van der Waals surface area (Å²) in [5.74, 6) is 0.339. The largest absolute Gasteiger partial charge is 0.471 e. The molecule has 1 unspecified atom stereocenters. The molecule has 0 fully saturated rings. The second kappa shape index (κ2) is 12.7. The number of nitrogens with zero attached hydrogens (tertiary/aromatic N) is 4. The normalized spacial score (nSPS) is 12.5. The summed E-state index contributed by atoms with van der Waals surface area (Å²) in [6, 6.07) is 3.55. The smallest absolute Gasteiger partial charge is 0.273 e. The summed E-state index contributed by atoms with van der Waals surface area (Å²) in [5.41, 5.74) is 3.27. The van der Waals surface area contributed by atoms with Crippen LogP contribution in [0.15, 0.2) is 42.4 Å². The number of aryl methyl sites for hydroxylation is 1. The van der Waals surface area contributed by atoms with Gasteiger partial charge in [-0.3, -0.25) is 9.48 Å². The summed E-state index contributed by atoms with van der Waals surface area (Å²) >= 11 is 0. The van der Waals surface area contributed by atoms with Crippen molar-refractivity contribution in [2.45, 2.75) is 45.3 Å². The maximum atomic E-state index is 12.6. The van der Waals surface area contributed by atoms with Gasteiger partial charge >= 0.3 is 0 Å². The second-order valence-corrected chi connectivity index (χ2v) is 7.88. The van der Waals surface area contributed by atoms with Crippen molar-refractivity contribution >= 4 is 5.91 Å². The molecule has 3 N–H and O–H groups in total. The van der Waals surface area contributed by atoms with Crippen molar-refractivity contribution in [1.29, 1.82) is 0 Å². The summed E-state index contributed by atoms with van der Waals surface area (Å²) in [4.78, 5) is 12.6. The average Bonchev–Trinajstić information content (AvgIpc) is 3.16. The fraction of sp³-hybridized carbons (Fsp3) is 0.478. The predicted molar refractivity (Wildman–Crippen MR) is 125 cm³/mol. The number of hydrogen-bond donors (Lipinski definition) is 3. The Balaban J connectivity index is 1.98. The van der Waals surface area contributed by atoms with E-state index in [9.17, 15) is 9.90 Å². The molecule has 33 heavy (non-hydrogen) atoms. The van der Waals surface area contributed by atoms with Crippen molar-refractivity contribution < 1.29 is 19.4 Å². The van der Waals surface area contributed by atoms with Crippen LogP contribution in [-0.2, 0) is 18.4 Å². The SMILES string of the molecule is C=C(/C=C(/CCC(CO)Oc1nnccc1C(C)C)NC)NC(=O)c1cc(COC)nn1C. The number of aliphatic hydroxyl groups excluding tert-OH is 1. The summed E-state index contributed by atoms with van der Waals surface area (Å²) < 4.78 is 12.5. The first-order valence-electron chi connectivity index (χ1n) is 10.8. The van der Waals surface area contributed by atoms with Gasteiger partial charge in [-0.2, -0.15) is 10.2 Å². The Bertz CT molecular complexity index is 970. The van der Waals surface area contributed by atoms with Crippen LogP contribution in [-0.4, -0.2) is 57.9 Å². The van der Waals surface area contributed by atoms with Crippen LogP contribution in [0.1, 0.15) is 54.4 Å². The molecular formula is C23H34N6O4. The van der Waals surface area contributed by atoms with Crippen molar-refractivity contribution in [2.24, 2.45) is 7.05 Å². The van der Waals surface area contributed by atoms with Gasteiger partial charge in [0.05, 0.1) is 25.1 Å². The van der Waals surface area contributed by atoms with Crippen LogP contribution in [0.5, 0.6) is 5.88 Å². The van der Waals surface area contributed by atoms with E-state index in [0.717, 1.165) is 11.3 Å². The molecule has 10 heteroatoms. The van der Waals surface area contributed by atoms with E-state index in [4.69, 9.17) is 9.47 Å². The van der Waals surface area contributed by atoms with Crippen LogP contribution >= 0.6 is 0 Å². The van der Waals surface area contributed by atoms with E-state index in [1.165, 1.54) is 4.68 Å². The molecule has 2 aromatic rings. The first-order chi connectivity index (χ1) is 15.8. The van der Waals surface area contributed by atoms with Gasteiger partial charge in [-0.05, 0) is 37.0 Å². The van der Waals surface area contributed by atoms with Gasteiger partial charge in [-0.1, -0.05) is 20.4 Å². The number of aromatic nitrogens is 4. The first-order valence-corrected chi connectivity index (χ1v) is 10.8. The molecule has 1 atom stereocenters. The maximum absolute atomic E-state index is 12.6. The third kappa shape index (κ3) is 7.69. The van der Waals surface area contributed by atoms with Crippen molar-refractivity contribution in [3.05, 3.63) is 59.3 Å². The first kappa shape index (κ1) is 26.0. The fourth-order valence-electron chi connectivity index (χ4n) is 3.20. The van der Waals surface area contributed by atoms with E-state index in [1.807, 2.05) is 19.9 Å². The number of carbonyl (C=O) groups is 1. The zero-order valence-corrected chi connectivity index (χ0v) is 20.0. The van der Waals surface area contributed by atoms with E-state index in [0.29, 0.717) is 42.4 Å². The number of nitrogens with one attached hydrogen (secondary N) is 2. The Kier molecular flexibility index (Phi) is 10.0. The highest BCUT2D eigenvalue weighted by molar-refractivity contribution is 5.94. The molecule has 2 rings (SSSR count). The number of ether oxygens (including phenoxy) is 2. The van der Waals surface area contributed by atoms with E-state index in [-0.39, 0.29) is 18.4 Å². The lowest BCUT2D eigenvalue weighted by atomic mass is 10.1. The number of allylic oxidation sites excluding steroid dienone is 2. The minimum atomic E-state index is -0.451. The lowest BCUT2D eigenvalue weighted by Crippen LogP contribution is -2.25. The van der Waals surface area contributed by atoms with Crippen molar-refractivity contribution in [3.63, 3.8) is 0 Å². The third-order valence-corrected chi connectivity index (χ3v) is 4.95. The summed E-state index contributed by atoms with van der Waals surface area (Å²) in [7, 11) is 5.05. The van der Waals surface area contributed by atoms with Crippen LogP contribution in [0.2, 0.25) is 0 Å². The number of hydrogen-bond acceptors (Lipinski definition) is 8. The molecule has 2 aromatic heterocycles. The Morgan fingerprint density at radius 3 is 2.79 bits per heavy atom. The quantitative estimate of drug-likeness (QED) is 0.390. The molecule has 0 spiro atoms. The summed E-state index contributed by atoms with van der Waals surface area (Å²) in [6.07, 6.45) is 4.02. The molecule has 0 aliphatic rings. The zero-order chi connectivity index (χ0) is 24.4. The van der Waals surface area contributed by atoms with E-state index < -0.39 is 6.10 Å². The van der Waals surface area contributed by atoms with Gasteiger partial charge in [0, 0.05) is 38.2 Å². The van der Waals surface area contributed by atoms with Crippen LogP contribution in [0.25, 0.3) is 0 Å². The number of aliphatic hydroxyl groups is 1. The molecule has 0 saturated carbocycles. The molecule has 0 bridgehead atoms. The molecule has 180 valence electrons. The minimum absolute atomic E-state index is 0.160. The lowest BCUT2D eigenvalue weighted by molar-refractivity contribution is 0.0958. The minimum Gasteiger partial charge on any atom is -0.471 e. The molecule has 1 amide bonds. The van der Waals surface area contributed by atoms with Crippen molar-refractivity contribution in [2.75, 3.05) is 20.8 Å². The number of amides is 1. The summed E-state index contributed by atoms with van der Waals surface area (Å²) in [5, 5.41) is 27.9. The van der Waals surface area contributed by atoms with Gasteiger partial charge in [0.2, 0.25) is 5.88 Å². The number of rotatable bonds is 13. The number of methoxy groups -OCH3 is 1. The fourth-order valence-corrected chi connectivity index (χ4v) is 3.20. The monoisotopic (exact) mass is 458 g/mol. The highest BCUT2D eigenvalue weighted by atomic mass is 16.5. The predicted octanol–water partition coefficient (Wildman–Crippen LogP) is 2.05. The van der Waals surface area contributed by atoms with Gasteiger partial charge in [-0.15, -0.1) is 5.10 Å². The van der Waals surface area contributed by atoms with Gasteiger partial charge < -0.3 is 25.2 Å². The van der Waals surface area contributed by atoms with Gasteiger partial charge in [0.25, 0.3) is 5.91 Å². The molecule has 10 nitrogen and oxygen atoms in total. The van der Waals surface area contributed by atoms with Gasteiger partial charge in [0.1, 0.15) is 11.8 Å². The third-order valence-electron chi connectivity index (χ3n) is 4.95. The standard InChI is InChI=1S/C23H34N6O4/c1-15(2)20-9-10-25-27-23(20)33-19(13-30)8-7-17(24-4)11-16(3)26-22(31)21-12-18(14-32-6)28-29(21)5/h9-12,15,19,24,30H,3,7-8,13-14H2,1-2,4-6H3,(H,26,31)/b17-11-. The average molecular weight is 459 g/mol. The summed E-state index contributed by atoms with van der Waals surface area (Å²) in [6.45, 7) is 8.18. The van der Waals surface area contributed by atoms with Crippen LogP contribution < -0.4 is 15.4 Å².